The lowest BCUT2D eigenvalue weighted by Crippen LogP contribution is -2.15. The van der Waals surface area contributed by atoms with Crippen molar-refractivity contribution in [3.8, 4) is 11.4 Å². The van der Waals surface area contributed by atoms with E-state index in [0.29, 0.717) is 0 Å². The van der Waals surface area contributed by atoms with Crippen molar-refractivity contribution in [1.29, 1.82) is 0 Å². The number of nitrogens with one attached hydrogen (secondary N) is 1. The first-order valence-corrected chi connectivity index (χ1v) is 5.98. The monoisotopic (exact) mass is 249 g/mol. The number of imidazole rings is 1. The van der Waals surface area contributed by atoms with E-state index in [4.69, 9.17) is 11.6 Å². The van der Waals surface area contributed by atoms with Crippen LogP contribution in [0.1, 0.15) is 5.56 Å². The summed E-state index contributed by atoms with van der Waals surface area (Å²) in [6.45, 7) is 0.994. The van der Waals surface area contributed by atoms with Crippen molar-refractivity contribution in [3.05, 3.63) is 41.2 Å². The fourth-order valence-electron chi connectivity index (χ4n) is 1.79. The Morgan fingerprint density at radius 3 is 2.82 bits per heavy atom. The van der Waals surface area contributed by atoms with Crippen molar-refractivity contribution < 1.29 is 0 Å². The summed E-state index contributed by atoms with van der Waals surface area (Å²) in [6, 6.07) is 5.99. The number of benzene rings is 1. The zero-order valence-corrected chi connectivity index (χ0v) is 10.8. The van der Waals surface area contributed by atoms with Crippen LogP contribution in [0.15, 0.2) is 30.6 Å². The molecule has 0 radical (unpaired) electrons. The van der Waals surface area contributed by atoms with Gasteiger partial charge in [0, 0.05) is 24.5 Å². The number of rotatable bonds is 4. The molecule has 0 fully saturated rings. The number of halogens is 1. The molecule has 2 rings (SSSR count). The molecule has 0 amide bonds. The maximum atomic E-state index is 6.26. The predicted octanol–water partition coefficient (Wildman–Crippen LogP) is 2.83. The maximum Gasteiger partial charge on any atom is 0.139 e. The molecule has 1 aromatic heterocycles. The summed E-state index contributed by atoms with van der Waals surface area (Å²) in [5.41, 5.74) is 2.24. The lowest BCUT2D eigenvalue weighted by atomic mass is 10.0. The van der Waals surface area contributed by atoms with Gasteiger partial charge in [-0.3, -0.25) is 0 Å². The van der Waals surface area contributed by atoms with E-state index in [9.17, 15) is 0 Å². The molecule has 0 aliphatic heterocycles. The van der Waals surface area contributed by atoms with E-state index in [1.165, 1.54) is 5.56 Å². The number of aromatic nitrogens is 2. The zero-order valence-electron chi connectivity index (χ0n) is 10.1. The molecule has 0 aliphatic carbocycles. The van der Waals surface area contributed by atoms with Crippen LogP contribution in [-0.4, -0.2) is 35.5 Å². The van der Waals surface area contributed by atoms with Crippen LogP contribution in [0.5, 0.6) is 0 Å². The van der Waals surface area contributed by atoms with Crippen LogP contribution in [0.4, 0.5) is 0 Å². The Morgan fingerprint density at radius 2 is 2.18 bits per heavy atom. The van der Waals surface area contributed by atoms with Crippen LogP contribution in [0.3, 0.4) is 0 Å². The van der Waals surface area contributed by atoms with Gasteiger partial charge in [0.15, 0.2) is 0 Å². The maximum absolute atomic E-state index is 6.26. The van der Waals surface area contributed by atoms with Crippen LogP contribution >= 0.6 is 11.6 Å². The smallest absolute Gasteiger partial charge is 0.139 e. The average Bonchev–Trinajstić information content (AvgIpc) is 2.79. The van der Waals surface area contributed by atoms with Crippen LogP contribution in [-0.2, 0) is 6.42 Å². The highest BCUT2D eigenvalue weighted by Crippen LogP contribution is 2.29. The van der Waals surface area contributed by atoms with Gasteiger partial charge in [0.2, 0.25) is 0 Å². The summed E-state index contributed by atoms with van der Waals surface area (Å²) in [5.74, 6) is 0.837. The van der Waals surface area contributed by atoms with E-state index in [0.717, 1.165) is 29.4 Å². The Kier molecular flexibility index (Phi) is 3.82. The Balaban J connectivity index is 2.35. The van der Waals surface area contributed by atoms with Crippen LogP contribution in [0.25, 0.3) is 11.4 Å². The quantitative estimate of drug-likeness (QED) is 0.904. The molecular formula is C13H16ClN3. The summed E-state index contributed by atoms with van der Waals surface area (Å²) in [5, 5.41) is 0.746. The van der Waals surface area contributed by atoms with Crippen molar-refractivity contribution in [1.82, 2.24) is 14.9 Å². The normalized spacial score (nSPS) is 11.1. The van der Waals surface area contributed by atoms with E-state index in [1.807, 2.05) is 18.3 Å². The molecule has 0 unspecified atom stereocenters. The Bertz CT molecular complexity index is 477. The lowest BCUT2D eigenvalue weighted by Gasteiger charge is -2.13. The molecule has 17 heavy (non-hydrogen) atoms. The van der Waals surface area contributed by atoms with E-state index < -0.39 is 0 Å². The largest absolute Gasteiger partial charge is 0.345 e. The topological polar surface area (TPSA) is 31.9 Å². The number of aromatic amines is 1. The minimum atomic E-state index is 0.746. The first-order valence-electron chi connectivity index (χ1n) is 5.60. The Hall–Kier alpha value is -1.32. The van der Waals surface area contributed by atoms with E-state index in [-0.39, 0.29) is 0 Å². The van der Waals surface area contributed by atoms with Crippen molar-refractivity contribution >= 4 is 11.6 Å². The van der Waals surface area contributed by atoms with Crippen molar-refractivity contribution in [2.45, 2.75) is 6.42 Å². The predicted molar refractivity (Wildman–Crippen MR) is 71.3 cm³/mol. The van der Waals surface area contributed by atoms with Crippen molar-refractivity contribution in [2.75, 3.05) is 20.6 Å². The van der Waals surface area contributed by atoms with Gasteiger partial charge in [0.25, 0.3) is 0 Å². The second kappa shape index (κ2) is 5.34. The fourth-order valence-corrected chi connectivity index (χ4v) is 2.07. The van der Waals surface area contributed by atoms with Gasteiger partial charge < -0.3 is 9.88 Å². The number of hydrogen-bond acceptors (Lipinski definition) is 2. The van der Waals surface area contributed by atoms with Crippen molar-refractivity contribution in [2.24, 2.45) is 0 Å². The molecule has 0 saturated heterocycles. The first kappa shape index (κ1) is 12.1. The molecule has 0 saturated carbocycles. The molecule has 0 spiro atoms. The van der Waals surface area contributed by atoms with Gasteiger partial charge >= 0.3 is 0 Å². The van der Waals surface area contributed by atoms with Gasteiger partial charge in [-0.1, -0.05) is 23.7 Å². The van der Waals surface area contributed by atoms with Crippen LogP contribution in [0.2, 0.25) is 5.02 Å². The molecule has 4 heteroatoms. The fraction of sp³-hybridized carbons (Fsp3) is 0.308. The number of likely N-dealkylation sites (N-methyl/N-ethyl adjacent to an activating group) is 1. The van der Waals surface area contributed by atoms with E-state index >= 15 is 0 Å². The van der Waals surface area contributed by atoms with Gasteiger partial charge in [-0.25, -0.2) is 4.98 Å². The lowest BCUT2D eigenvalue weighted by molar-refractivity contribution is 0.414. The van der Waals surface area contributed by atoms with Gasteiger partial charge in [0.05, 0.1) is 5.02 Å². The van der Waals surface area contributed by atoms with E-state index in [1.54, 1.807) is 6.20 Å². The summed E-state index contributed by atoms with van der Waals surface area (Å²) in [7, 11) is 4.13. The van der Waals surface area contributed by atoms with Gasteiger partial charge in [-0.15, -0.1) is 0 Å². The highest BCUT2D eigenvalue weighted by Gasteiger charge is 2.11. The molecule has 2 aromatic rings. The summed E-state index contributed by atoms with van der Waals surface area (Å²) in [4.78, 5) is 9.55. The Labute approximate surface area is 106 Å². The minimum absolute atomic E-state index is 0.746. The average molecular weight is 250 g/mol. The molecule has 1 aromatic carbocycles. The minimum Gasteiger partial charge on any atom is -0.345 e. The summed E-state index contributed by atoms with van der Waals surface area (Å²) < 4.78 is 0. The standard InChI is InChI=1S/C13H16ClN3/c1-17(2)9-6-10-4-3-5-11(14)12(10)13-15-7-8-16-13/h3-5,7-8H,6,9H2,1-2H3,(H,15,16). The number of hydrogen-bond donors (Lipinski definition) is 1. The second-order valence-corrected chi connectivity index (χ2v) is 4.67. The molecule has 0 atom stereocenters. The van der Waals surface area contributed by atoms with Gasteiger partial charge in [0.1, 0.15) is 5.82 Å². The van der Waals surface area contributed by atoms with Crippen molar-refractivity contribution in [3.63, 3.8) is 0 Å². The molecule has 0 bridgehead atoms. The molecule has 1 heterocycles. The molecular weight excluding hydrogens is 234 g/mol. The van der Waals surface area contributed by atoms with Crippen LogP contribution in [0, 0.1) is 0 Å². The molecule has 3 nitrogen and oxygen atoms in total. The molecule has 1 N–H and O–H groups in total. The third kappa shape index (κ3) is 2.87. The summed E-state index contributed by atoms with van der Waals surface area (Å²) in [6.07, 6.45) is 4.52. The highest BCUT2D eigenvalue weighted by molar-refractivity contribution is 6.33. The molecule has 90 valence electrons. The first-order chi connectivity index (χ1) is 8.18. The number of H-pyrrole nitrogens is 1. The second-order valence-electron chi connectivity index (χ2n) is 4.27. The van der Waals surface area contributed by atoms with Crippen LogP contribution < -0.4 is 0 Å². The zero-order chi connectivity index (χ0) is 12.3. The SMILES string of the molecule is CN(C)CCc1cccc(Cl)c1-c1ncc[nH]1. The van der Waals surface area contributed by atoms with E-state index in [2.05, 4.69) is 35.0 Å². The Morgan fingerprint density at radius 1 is 1.35 bits per heavy atom. The van der Waals surface area contributed by atoms with Gasteiger partial charge in [-0.05, 0) is 32.1 Å². The summed E-state index contributed by atoms with van der Waals surface area (Å²) >= 11 is 6.26. The number of nitrogens with zero attached hydrogens (tertiary/aromatic N) is 2. The van der Waals surface area contributed by atoms with Gasteiger partial charge in [-0.2, -0.15) is 0 Å². The highest BCUT2D eigenvalue weighted by atomic mass is 35.5. The third-order valence-electron chi connectivity index (χ3n) is 2.66. The molecule has 0 aliphatic rings. The third-order valence-corrected chi connectivity index (χ3v) is 2.98.